The molecule has 2 rings (SSSR count). The van der Waals surface area contributed by atoms with Crippen molar-refractivity contribution >= 4 is 17.2 Å². The minimum atomic E-state index is -4.44. The molecule has 0 amide bonds. The highest BCUT2D eigenvalue weighted by Crippen LogP contribution is 2.28. The summed E-state index contributed by atoms with van der Waals surface area (Å²) in [5, 5.41) is 2.78. The fourth-order valence-electron chi connectivity index (χ4n) is 1.29. The Labute approximate surface area is 101 Å². The van der Waals surface area contributed by atoms with Crippen LogP contribution in [0.25, 0.3) is 0 Å². The number of pyridine rings is 2. The van der Waals surface area contributed by atoms with Gasteiger partial charge < -0.3 is 11.1 Å². The Kier molecular flexibility index (Phi) is 3.05. The zero-order chi connectivity index (χ0) is 13.2. The monoisotopic (exact) mass is 254 g/mol. The Morgan fingerprint density at radius 1 is 1.11 bits per heavy atom. The van der Waals surface area contributed by atoms with Crippen LogP contribution in [0.2, 0.25) is 0 Å². The number of aromatic nitrogens is 2. The van der Waals surface area contributed by atoms with Gasteiger partial charge in [0.15, 0.2) is 5.82 Å². The molecule has 94 valence electrons. The van der Waals surface area contributed by atoms with Crippen molar-refractivity contribution in [3.05, 3.63) is 42.4 Å². The molecule has 2 aromatic rings. The third-order valence-electron chi connectivity index (χ3n) is 2.16. The SMILES string of the molecule is Nc1cccnc1Nc1ccc(C(F)(F)F)nc1. The van der Waals surface area contributed by atoms with Crippen molar-refractivity contribution in [3.63, 3.8) is 0 Å². The summed E-state index contributed by atoms with van der Waals surface area (Å²) in [6, 6.07) is 5.45. The number of hydrogen-bond acceptors (Lipinski definition) is 4. The number of nitrogens with zero attached hydrogens (tertiary/aromatic N) is 2. The molecule has 0 aromatic carbocycles. The zero-order valence-electron chi connectivity index (χ0n) is 9.07. The highest BCUT2D eigenvalue weighted by atomic mass is 19.4. The van der Waals surface area contributed by atoms with Crippen LogP contribution >= 0.6 is 0 Å². The normalized spacial score (nSPS) is 11.3. The van der Waals surface area contributed by atoms with E-state index < -0.39 is 11.9 Å². The van der Waals surface area contributed by atoms with Gasteiger partial charge in [0.1, 0.15) is 5.69 Å². The van der Waals surface area contributed by atoms with Crippen LogP contribution in [0, 0.1) is 0 Å². The van der Waals surface area contributed by atoms with Gasteiger partial charge in [-0.05, 0) is 24.3 Å². The molecule has 0 aliphatic carbocycles. The summed E-state index contributed by atoms with van der Waals surface area (Å²) < 4.78 is 36.9. The number of nitrogens with one attached hydrogen (secondary N) is 1. The van der Waals surface area contributed by atoms with Gasteiger partial charge in [-0.3, -0.25) is 0 Å². The van der Waals surface area contributed by atoms with E-state index in [9.17, 15) is 13.2 Å². The maximum atomic E-state index is 12.3. The van der Waals surface area contributed by atoms with Gasteiger partial charge in [-0.2, -0.15) is 13.2 Å². The molecule has 7 heteroatoms. The lowest BCUT2D eigenvalue weighted by Gasteiger charge is -2.09. The number of nitrogens with two attached hydrogens (primary N) is 1. The molecule has 18 heavy (non-hydrogen) atoms. The maximum absolute atomic E-state index is 12.3. The third-order valence-corrected chi connectivity index (χ3v) is 2.16. The van der Waals surface area contributed by atoms with Gasteiger partial charge in [-0.25, -0.2) is 9.97 Å². The van der Waals surface area contributed by atoms with E-state index in [2.05, 4.69) is 15.3 Å². The molecule has 2 heterocycles. The second-order valence-corrected chi connectivity index (χ2v) is 3.50. The van der Waals surface area contributed by atoms with Gasteiger partial charge in [0, 0.05) is 6.20 Å². The summed E-state index contributed by atoms with van der Waals surface area (Å²) in [5.74, 6) is 0.374. The predicted molar refractivity (Wildman–Crippen MR) is 61.2 cm³/mol. The van der Waals surface area contributed by atoms with Crippen LogP contribution in [-0.2, 0) is 6.18 Å². The van der Waals surface area contributed by atoms with Gasteiger partial charge in [0.25, 0.3) is 0 Å². The topological polar surface area (TPSA) is 63.8 Å². The van der Waals surface area contributed by atoms with Crippen LogP contribution in [0.5, 0.6) is 0 Å². The molecular formula is C11H9F3N4. The summed E-state index contributed by atoms with van der Waals surface area (Å²) in [7, 11) is 0. The van der Waals surface area contributed by atoms with Crippen molar-refractivity contribution in [2.45, 2.75) is 6.18 Å². The van der Waals surface area contributed by atoms with Crippen LogP contribution in [0.15, 0.2) is 36.7 Å². The van der Waals surface area contributed by atoms with Crippen molar-refractivity contribution in [2.75, 3.05) is 11.1 Å². The molecule has 4 nitrogen and oxygen atoms in total. The molecule has 3 N–H and O–H groups in total. The smallest absolute Gasteiger partial charge is 0.396 e. The minimum absolute atomic E-state index is 0.374. The van der Waals surface area contributed by atoms with Crippen molar-refractivity contribution in [1.29, 1.82) is 0 Å². The van der Waals surface area contributed by atoms with E-state index in [-0.39, 0.29) is 0 Å². The van der Waals surface area contributed by atoms with E-state index in [1.807, 2.05) is 0 Å². The molecule has 0 bridgehead atoms. The number of rotatable bonds is 2. The number of anilines is 3. The Morgan fingerprint density at radius 2 is 1.89 bits per heavy atom. The summed E-state index contributed by atoms with van der Waals surface area (Å²) in [5.41, 5.74) is 5.48. The molecular weight excluding hydrogens is 245 g/mol. The standard InChI is InChI=1S/C11H9F3N4/c12-11(13,14)9-4-3-7(6-17-9)18-10-8(15)2-1-5-16-10/h1-6H,15H2,(H,16,18). The van der Waals surface area contributed by atoms with E-state index >= 15 is 0 Å². The molecule has 0 atom stereocenters. The number of nitrogen functional groups attached to an aromatic ring is 1. The maximum Gasteiger partial charge on any atom is 0.433 e. The predicted octanol–water partition coefficient (Wildman–Crippen LogP) is 2.82. The number of hydrogen-bond donors (Lipinski definition) is 2. The van der Waals surface area contributed by atoms with Gasteiger partial charge in [-0.1, -0.05) is 0 Å². The number of halogens is 3. The summed E-state index contributed by atoms with van der Waals surface area (Å²) >= 11 is 0. The lowest BCUT2D eigenvalue weighted by atomic mass is 10.3. The first-order chi connectivity index (χ1) is 8.47. The van der Waals surface area contributed by atoms with E-state index in [4.69, 9.17) is 5.73 Å². The van der Waals surface area contributed by atoms with Crippen LogP contribution in [0.1, 0.15) is 5.69 Å². The summed E-state index contributed by atoms with van der Waals surface area (Å²) in [4.78, 5) is 7.28. The molecule has 0 fully saturated rings. The van der Waals surface area contributed by atoms with E-state index in [1.54, 1.807) is 12.1 Å². The third kappa shape index (κ3) is 2.68. The largest absolute Gasteiger partial charge is 0.433 e. The first kappa shape index (κ1) is 12.2. The van der Waals surface area contributed by atoms with Crippen molar-refractivity contribution in [1.82, 2.24) is 9.97 Å². The average Bonchev–Trinajstić information content (AvgIpc) is 2.32. The summed E-state index contributed by atoms with van der Waals surface area (Å²) in [6.45, 7) is 0. The Bertz CT molecular complexity index is 537. The first-order valence-corrected chi connectivity index (χ1v) is 4.97. The average molecular weight is 254 g/mol. The van der Waals surface area contributed by atoms with E-state index in [0.717, 1.165) is 12.3 Å². The van der Waals surface area contributed by atoms with Crippen molar-refractivity contribution < 1.29 is 13.2 Å². The highest BCUT2D eigenvalue weighted by molar-refractivity contribution is 5.67. The lowest BCUT2D eigenvalue weighted by molar-refractivity contribution is -0.141. The zero-order valence-corrected chi connectivity index (χ0v) is 9.07. The van der Waals surface area contributed by atoms with Gasteiger partial charge in [-0.15, -0.1) is 0 Å². The molecule has 0 saturated heterocycles. The fraction of sp³-hybridized carbons (Fsp3) is 0.0909. The molecule has 0 saturated carbocycles. The number of alkyl halides is 3. The van der Waals surface area contributed by atoms with Crippen LogP contribution in [0.3, 0.4) is 0 Å². The fourth-order valence-corrected chi connectivity index (χ4v) is 1.29. The molecule has 0 radical (unpaired) electrons. The molecule has 0 aliphatic heterocycles. The van der Waals surface area contributed by atoms with Crippen LogP contribution < -0.4 is 11.1 Å². The Hall–Kier alpha value is -2.31. The van der Waals surface area contributed by atoms with Crippen LogP contribution in [-0.4, -0.2) is 9.97 Å². The van der Waals surface area contributed by atoms with Crippen LogP contribution in [0.4, 0.5) is 30.4 Å². The summed E-state index contributed by atoms with van der Waals surface area (Å²) in [6.07, 6.45) is -1.84. The second-order valence-electron chi connectivity index (χ2n) is 3.50. The molecule has 2 aromatic heterocycles. The quantitative estimate of drug-likeness (QED) is 0.864. The van der Waals surface area contributed by atoms with Gasteiger partial charge >= 0.3 is 6.18 Å². The van der Waals surface area contributed by atoms with Gasteiger partial charge in [0.2, 0.25) is 0 Å². The van der Waals surface area contributed by atoms with E-state index in [1.165, 1.54) is 12.3 Å². The van der Waals surface area contributed by atoms with Crippen molar-refractivity contribution in [2.24, 2.45) is 0 Å². The lowest BCUT2D eigenvalue weighted by Crippen LogP contribution is -2.07. The second kappa shape index (κ2) is 4.52. The van der Waals surface area contributed by atoms with Gasteiger partial charge in [0.05, 0.1) is 17.6 Å². The Morgan fingerprint density at radius 3 is 2.44 bits per heavy atom. The molecule has 0 unspecified atom stereocenters. The molecule has 0 aliphatic rings. The Balaban J connectivity index is 2.19. The first-order valence-electron chi connectivity index (χ1n) is 4.97. The molecule has 0 spiro atoms. The van der Waals surface area contributed by atoms with E-state index in [0.29, 0.717) is 17.2 Å². The van der Waals surface area contributed by atoms with Crippen molar-refractivity contribution in [3.8, 4) is 0 Å². The highest BCUT2D eigenvalue weighted by Gasteiger charge is 2.31. The minimum Gasteiger partial charge on any atom is -0.396 e.